The first-order valence-electron chi connectivity index (χ1n) is 8.10. The van der Waals surface area contributed by atoms with Crippen molar-refractivity contribution in [3.8, 4) is 23.0 Å². The average molecular weight is 404 g/mol. The van der Waals surface area contributed by atoms with Gasteiger partial charge in [0.1, 0.15) is 5.75 Å². The molecule has 0 heterocycles. The van der Waals surface area contributed by atoms with Crippen LogP contribution in [-0.2, 0) is 14.6 Å². The molecule has 7 nitrogen and oxygen atoms in total. The van der Waals surface area contributed by atoms with Gasteiger partial charge in [0.25, 0.3) is 0 Å². The summed E-state index contributed by atoms with van der Waals surface area (Å²) in [7, 11) is -1.000. The van der Waals surface area contributed by atoms with Gasteiger partial charge in [-0.1, -0.05) is 18.2 Å². The minimum absolute atomic E-state index is 0.0375. The Hall–Kier alpha value is -3.26. The van der Waals surface area contributed by atoms with Crippen LogP contribution < -0.4 is 9.47 Å². The quantitative estimate of drug-likeness (QED) is 0.651. The monoisotopic (exact) mass is 404 g/mol. The van der Waals surface area contributed by atoms with Crippen molar-refractivity contribution in [2.24, 2.45) is 0 Å². The number of benzene rings is 2. The highest BCUT2D eigenvalue weighted by molar-refractivity contribution is 7.95. The van der Waals surface area contributed by atoms with Crippen LogP contribution in [-0.4, -0.2) is 44.4 Å². The minimum atomic E-state index is -3.78. The number of ether oxygens (including phenoxy) is 2. The van der Waals surface area contributed by atoms with Crippen molar-refractivity contribution >= 4 is 27.8 Å². The number of phenols is 2. The lowest BCUT2D eigenvalue weighted by atomic mass is 10.2. The Kier molecular flexibility index (Phi) is 6.84. The van der Waals surface area contributed by atoms with Crippen molar-refractivity contribution in [3.63, 3.8) is 0 Å². The van der Waals surface area contributed by atoms with E-state index in [9.17, 15) is 23.4 Å². The first kappa shape index (κ1) is 21.0. The molecule has 0 aliphatic heterocycles. The summed E-state index contributed by atoms with van der Waals surface area (Å²) in [6.45, 7) is 0. The Morgan fingerprint density at radius 3 is 1.93 bits per heavy atom. The Balaban J connectivity index is 2.06. The van der Waals surface area contributed by atoms with Gasteiger partial charge in [-0.25, -0.2) is 8.42 Å². The predicted octanol–water partition coefficient (Wildman–Crippen LogP) is 2.78. The molecule has 2 aromatic carbocycles. The van der Waals surface area contributed by atoms with Crippen molar-refractivity contribution in [3.05, 3.63) is 59.0 Å². The molecule has 2 rings (SSSR count). The van der Waals surface area contributed by atoms with Crippen LogP contribution in [0.3, 0.4) is 0 Å². The number of carbonyl (C=O) groups excluding carboxylic acids is 1. The molecule has 0 aliphatic carbocycles. The average Bonchev–Trinajstić information content (AvgIpc) is 2.66. The van der Waals surface area contributed by atoms with Crippen molar-refractivity contribution in [1.82, 2.24) is 0 Å². The van der Waals surface area contributed by atoms with E-state index < -0.39 is 21.4 Å². The third-order valence-electron chi connectivity index (χ3n) is 3.68. The molecule has 28 heavy (non-hydrogen) atoms. The van der Waals surface area contributed by atoms with Crippen molar-refractivity contribution < 1.29 is 32.9 Å². The number of phenolic OH excluding ortho intramolecular Hbond substituents is 2. The summed E-state index contributed by atoms with van der Waals surface area (Å²) in [5.74, 6) is -0.930. The molecule has 148 valence electrons. The first-order valence-corrected chi connectivity index (χ1v) is 9.81. The lowest BCUT2D eigenvalue weighted by Crippen LogP contribution is -2.11. The van der Waals surface area contributed by atoms with Crippen LogP contribution in [0.5, 0.6) is 23.0 Å². The summed E-state index contributed by atoms with van der Waals surface area (Å²) in [6, 6.07) is 8.87. The molecule has 0 fully saturated rings. The number of allylic oxidation sites excluding steroid dienone is 1. The zero-order valence-corrected chi connectivity index (χ0v) is 16.1. The van der Waals surface area contributed by atoms with Gasteiger partial charge in [0.2, 0.25) is 0 Å². The van der Waals surface area contributed by atoms with Gasteiger partial charge >= 0.3 is 0 Å². The molecule has 0 aromatic heterocycles. The summed E-state index contributed by atoms with van der Waals surface area (Å²) in [4.78, 5) is 12.0. The van der Waals surface area contributed by atoms with E-state index >= 15 is 0 Å². The van der Waals surface area contributed by atoms with E-state index in [-0.39, 0.29) is 23.0 Å². The summed E-state index contributed by atoms with van der Waals surface area (Å²) in [5, 5.41) is 20.0. The van der Waals surface area contributed by atoms with Gasteiger partial charge in [0.05, 0.1) is 14.2 Å². The second kappa shape index (κ2) is 9.09. The highest BCUT2D eigenvalue weighted by Crippen LogP contribution is 2.27. The van der Waals surface area contributed by atoms with E-state index in [1.54, 1.807) is 6.07 Å². The summed E-state index contributed by atoms with van der Waals surface area (Å²) in [6.07, 6.45) is 3.91. The predicted molar refractivity (Wildman–Crippen MR) is 106 cm³/mol. The van der Waals surface area contributed by atoms with Crippen LogP contribution in [0, 0.1) is 0 Å². The largest absolute Gasteiger partial charge is 0.504 e. The van der Waals surface area contributed by atoms with E-state index in [1.165, 1.54) is 56.7 Å². The van der Waals surface area contributed by atoms with Gasteiger partial charge < -0.3 is 19.7 Å². The molecule has 0 saturated carbocycles. The Bertz CT molecular complexity index is 1020. The van der Waals surface area contributed by atoms with Gasteiger partial charge in [0.15, 0.2) is 38.6 Å². The number of rotatable bonds is 8. The zero-order valence-electron chi connectivity index (χ0n) is 15.3. The number of methoxy groups -OCH3 is 2. The fraction of sp³-hybridized carbons (Fsp3) is 0.150. The number of ketones is 1. The molecule has 0 saturated heterocycles. The second-order valence-electron chi connectivity index (χ2n) is 5.77. The van der Waals surface area contributed by atoms with E-state index in [2.05, 4.69) is 0 Å². The molecular weight excluding hydrogens is 384 g/mol. The van der Waals surface area contributed by atoms with Gasteiger partial charge in [-0.2, -0.15) is 0 Å². The fourth-order valence-corrected chi connectivity index (χ4v) is 3.22. The van der Waals surface area contributed by atoms with E-state index in [0.717, 1.165) is 11.5 Å². The van der Waals surface area contributed by atoms with Crippen LogP contribution in [0.2, 0.25) is 0 Å². The lowest BCUT2D eigenvalue weighted by molar-refractivity contribution is -0.112. The Labute approximate surface area is 163 Å². The maximum absolute atomic E-state index is 12.1. The molecule has 0 radical (unpaired) electrons. The smallest absolute Gasteiger partial charge is 0.179 e. The van der Waals surface area contributed by atoms with Crippen LogP contribution in [0.15, 0.2) is 47.9 Å². The summed E-state index contributed by atoms with van der Waals surface area (Å²) < 4.78 is 34.2. The lowest BCUT2D eigenvalue weighted by Gasteiger charge is -2.04. The molecule has 0 amide bonds. The molecule has 2 aromatic rings. The van der Waals surface area contributed by atoms with Crippen molar-refractivity contribution in [1.29, 1.82) is 0 Å². The third-order valence-corrected chi connectivity index (χ3v) is 4.92. The number of hydrogen-bond acceptors (Lipinski definition) is 7. The van der Waals surface area contributed by atoms with Crippen LogP contribution in [0.4, 0.5) is 0 Å². The van der Waals surface area contributed by atoms with Gasteiger partial charge in [-0.05, 0) is 47.5 Å². The summed E-state index contributed by atoms with van der Waals surface area (Å²) >= 11 is 0. The molecule has 2 N–H and O–H groups in total. The summed E-state index contributed by atoms with van der Waals surface area (Å²) in [5.41, 5.74) is 1.07. The highest BCUT2D eigenvalue weighted by Gasteiger charge is 2.12. The molecule has 0 bridgehead atoms. The first-order chi connectivity index (χ1) is 13.2. The number of hydrogen-bond donors (Lipinski definition) is 2. The molecule has 0 atom stereocenters. The highest BCUT2D eigenvalue weighted by atomic mass is 32.2. The van der Waals surface area contributed by atoms with E-state index in [0.29, 0.717) is 11.1 Å². The normalized spacial score (nSPS) is 11.8. The minimum Gasteiger partial charge on any atom is -0.504 e. The number of sulfone groups is 1. The molecule has 0 unspecified atom stereocenters. The number of carbonyl (C=O) groups is 1. The Morgan fingerprint density at radius 2 is 1.43 bits per heavy atom. The standard InChI is InChI=1S/C20H20O7S/c1-26-19-11-14(4-7-17(19)22)3-6-16(21)13-28(24,25)10-9-15-5-8-18(23)20(12-15)27-2/h3-12,22-23H,13H2,1-2H3. The van der Waals surface area contributed by atoms with Gasteiger partial charge in [-0.15, -0.1) is 0 Å². The van der Waals surface area contributed by atoms with Crippen LogP contribution >= 0.6 is 0 Å². The molecule has 8 heteroatoms. The molecule has 0 spiro atoms. The van der Waals surface area contributed by atoms with Crippen molar-refractivity contribution in [2.75, 3.05) is 20.0 Å². The van der Waals surface area contributed by atoms with Gasteiger partial charge in [-0.3, -0.25) is 4.79 Å². The van der Waals surface area contributed by atoms with E-state index in [1.807, 2.05) is 0 Å². The number of aromatic hydroxyl groups is 2. The topological polar surface area (TPSA) is 110 Å². The Morgan fingerprint density at radius 1 is 0.929 bits per heavy atom. The van der Waals surface area contributed by atoms with Crippen molar-refractivity contribution in [2.45, 2.75) is 0 Å². The SMILES string of the molecule is COc1cc(C=CC(=O)CS(=O)(=O)C=Cc2ccc(O)c(OC)c2)ccc1O. The molecule has 0 aliphatic rings. The zero-order chi connectivity index (χ0) is 20.7. The maximum Gasteiger partial charge on any atom is 0.179 e. The van der Waals surface area contributed by atoms with Gasteiger partial charge in [0, 0.05) is 5.41 Å². The third kappa shape index (κ3) is 5.88. The second-order valence-corrected chi connectivity index (χ2v) is 7.66. The maximum atomic E-state index is 12.1. The van der Waals surface area contributed by atoms with Crippen LogP contribution in [0.25, 0.3) is 12.2 Å². The van der Waals surface area contributed by atoms with E-state index in [4.69, 9.17) is 9.47 Å². The fourth-order valence-electron chi connectivity index (χ4n) is 2.26. The van der Waals surface area contributed by atoms with Crippen LogP contribution in [0.1, 0.15) is 11.1 Å². The molecular formula is C20H20O7S.